The zero-order valence-corrected chi connectivity index (χ0v) is 10.7. The third-order valence-electron chi connectivity index (χ3n) is 3.07. The van der Waals surface area contributed by atoms with Gasteiger partial charge in [0.05, 0.1) is 16.7 Å². The Kier molecular flexibility index (Phi) is 4.34. The fourth-order valence-corrected chi connectivity index (χ4v) is 1.97. The summed E-state index contributed by atoms with van der Waals surface area (Å²) in [5.41, 5.74) is 1.49. The molecule has 0 radical (unpaired) electrons. The molecule has 1 heterocycles. The van der Waals surface area contributed by atoms with Gasteiger partial charge in [-0.2, -0.15) is 26.3 Å². The van der Waals surface area contributed by atoms with Crippen LogP contribution in [0.15, 0.2) is 18.2 Å². The highest BCUT2D eigenvalue weighted by atomic mass is 35.5. The van der Waals surface area contributed by atoms with Gasteiger partial charge in [0.1, 0.15) is 0 Å². The van der Waals surface area contributed by atoms with Crippen LogP contribution >= 0.6 is 12.4 Å². The van der Waals surface area contributed by atoms with Crippen molar-refractivity contribution < 1.29 is 26.3 Å². The fraction of sp³-hybridized carbons (Fsp3) is 0.455. The van der Waals surface area contributed by atoms with Gasteiger partial charge in [-0.05, 0) is 17.7 Å². The third-order valence-corrected chi connectivity index (χ3v) is 3.07. The minimum atomic E-state index is -4.88. The standard InChI is InChI=1S/C11H10F6N2.ClH/c12-10(13,14)6-1-2-7(9(18)4-19-5-9)8(3-6)11(15,16)17;/h1-3,19H,4-5,18H2;1H. The maximum atomic E-state index is 12.9. The van der Waals surface area contributed by atoms with Gasteiger partial charge in [-0.25, -0.2) is 0 Å². The van der Waals surface area contributed by atoms with Gasteiger partial charge >= 0.3 is 12.4 Å². The highest BCUT2D eigenvalue weighted by Crippen LogP contribution is 2.40. The van der Waals surface area contributed by atoms with Crippen LogP contribution < -0.4 is 11.1 Å². The molecule has 1 aromatic rings. The van der Waals surface area contributed by atoms with Gasteiger partial charge in [0.2, 0.25) is 0 Å². The molecule has 0 spiro atoms. The summed E-state index contributed by atoms with van der Waals surface area (Å²) in [6.07, 6.45) is -9.70. The molecule has 114 valence electrons. The molecule has 0 unspecified atom stereocenters. The molecule has 0 saturated carbocycles. The molecule has 0 aliphatic carbocycles. The molecule has 2 nitrogen and oxygen atoms in total. The van der Waals surface area contributed by atoms with Crippen LogP contribution in [0.25, 0.3) is 0 Å². The first-order chi connectivity index (χ1) is 8.54. The van der Waals surface area contributed by atoms with E-state index in [0.717, 1.165) is 6.07 Å². The van der Waals surface area contributed by atoms with E-state index in [1.165, 1.54) is 0 Å². The summed E-state index contributed by atoms with van der Waals surface area (Å²) in [7, 11) is 0. The molecule has 1 saturated heterocycles. The second-order valence-electron chi connectivity index (χ2n) is 4.52. The summed E-state index contributed by atoms with van der Waals surface area (Å²) in [6.45, 7) is 0.197. The van der Waals surface area contributed by atoms with Crippen molar-refractivity contribution in [1.29, 1.82) is 0 Å². The van der Waals surface area contributed by atoms with E-state index in [0.29, 0.717) is 6.07 Å². The molecule has 1 aliphatic rings. The highest BCUT2D eigenvalue weighted by Gasteiger charge is 2.44. The summed E-state index contributed by atoms with van der Waals surface area (Å²) in [4.78, 5) is 0. The Hall–Kier alpha value is -0.990. The number of hydrogen-bond donors (Lipinski definition) is 2. The van der Waals surface area contributed by atoms with Crippen molar-refractivity contribution in [3.63, 3.8) is 0 Å². The van der Waals surface area contributed by atoms with Gasteiger partial charge < -0.3 is 11.1 Å². The number of hydrogen-bond acceptors (Lipinski definition) is 2. The molecule has 0 amide bonds. The first-order valence-corrected chi connectivity index (χ1v) is 5.32. The average Bonchev–Trinajstić information content (AvgIpc) is 2.22. The van der Waals surface area contributed by atoms with Gasteiger partial charge in [-0.3, -0.25) is 0 Å². The summed E-state index contributed by atoms with van der Waals surface area (Å²) >= 11 is 0. The number of alkyl halides is 6. The molecule has 20 heavy (non-hydrogen) atoms. The molecule has 9 heteroatoms. The Balaban J connectivity index is 0.00000200. The first kappa shape index (κ1) is 17.1. The van der Waals surface area contributed by atoms with E-state index in [2.05, 4.69) is 5.32 Å². The second-order valence-corrected chi connectivity index (χ2v) is 4.52. The van der Waals surface area contributed by atoms with Crippen molar-refractivity contribution >= 4 is 12.4 Å². The van der Waals surface area contributed by atoms with Crippen molar-refractivity contribution in [2.75, 3.05) is 13.1 Å². The van der Waals surface area contributed by atoms with Crippen LogP contribution in [-0.4, -0.2) is 13.1 Å². The fourth-order valence-electron chi connectivity index (χ4n) is 1.97. The van der Waals surface area contributed by atoms with Crippen LogP contribution in [-0.2, 0) is 17.9 Å². The van der Waals surface area contributed by atoms with E-state index >= 15 is 0 Å². The van der Waals surface area contributed by atoms with Gasteiger partial charge in [0.25, 0.3) is 0 Å². The van der Waals surface area contributed by atoms with Gasteiger partial charge in [0, 0.05) is 13.1 Å². The Labute approximate surface area is 116 Å². The maximum Gasteiger partial charge on any atom is 0.416 e. The summed E-state index contributed by atoms with van der Waals surface area (Å²) in [5, 5.41) is 2.71. The SMILES string of the molecule is Cl.NC1(c2ccc(C(F)(F)F)cc2C(F)(F)F)CNC1. The summed E-state index contributed by atoms with van der Waals surface area (Å²) in [5.74, 6) is 0. The molecule has 2 rings (SSSR count). The van der Waals surface area contributed by atoms with Crippen LogP contribution in [0.5, 0.6) is 0 Å². The third kappa shape index (κ3) is 3.02. The number of nitrogens with one attached hydrogen (secondary N) is 1. The average molecular weight is 321 g/mol. The minimum absolute atomic E-state index is 0. The quantitative estimate of drug-likeness (QED) is 0.781. The van der Waals surface area contributed by atoms with Crippen LogP contribution in [0.1, 0.15) is 16.7 Å². The van der Waals surface area contributed by atoms with Crippen molar-refractivity contribution in [2.24, 2.45) is 5.73 Å². The lowest BCUT2D eigenvalue weighted by Crippen LogP contribution is -2.63. The number of rotatable bonds is 1. The van der Waals surface area contributed by atoms with Gasteiger partial charge in [-0.15, -0.1) is 12.4 Å². The molecular formula is C11H11ClF6N2. The minimum Gasteiger partial charge on any atom is -0.319 e. The van der Waals surface area contributed by atoms with Crippen molar-refractivity contribution in [1.82, 2.24) is 5.32 Å². The van der Waals surface area contributed by atoms with Crippen LogP contribution in [0.3, 0.4) is 0 Å². The van der Waals surface area contributed by atoms with Gasteiger partial charge in [-0.1, -0.05) is 6.07 Å². The maximum absolute atomic E-state index is 12.9. The lowest BCUT2D eigenvalue weighted by molar-refractivity contribution is -0.144. The van der Waals surface area contributed by atoms with Crippen molar-refractivity contribution in [3.05, 3.63) is 34.9 Å². The summed E-state index contributed by atoms with van der Waals surface area (Å²) < 4.78 is 76.0. The monoisotopic (exact) mass is 320 g/mol. The smallest absolute Gasteiger partial charge is 0.319 e. The van der Waals surface area contributed by atoms with Crippen molar-refractivity contribution in [3.8, 4) is 0 Å². The molecular weight excluding hydrogens is 310 g/mol. The molecule has 0 aromatic heterocycles. The second kappa shape index (κ2) is 5.09. The largest absolute Gasteiger partial charge is 0.416 e. The Morgan fingerprint density at radius 1 is 1.00 bits per heavy atom. The first-order valence-electron chi connectivity index (χ1n) is 5.32. The van der Waals surface area contributed by atoms with E-state index in [1.54, 1.807) is 0 Å². The zero-order valence-electron chi connectivity index (χ0n) is 9.90. The predicted octanol–water partition coefficient (Wildman–Crippen LogP) is 2.90. The zero-order chi connectivity index (χ0) is 14.5. The Morgan fingerprint density at radius 2 is 1.55 bits per heavy atom. The van der Waals surface area contributed by atoms with E-state index in [-0.39, 0.29) is 37.1 Å². The van der Waals surface area contributed by atoms with E-state index in [1.807, 2.05) is 0 Å². The molecule has 0 atom stereocenters. The summed E-state index contributed by atoms with van der Waals surface area (Å²) in [6, 6.07) is 1.55. The number of halogens is 7. The lowest BCUT2D eigenvalue weighted by Gasteiger charge is -2.41. The van der Waals surface area contributed by atoms with Crippen molar-refractivity contribution in [2.45, 2.75) is 17.9 Å². The molecule has 3 N–H and O–H groups in total. The lowest BCUT2D eigenvalue weighted by atomic mass is 9.81. The molecule has 1 aliphatic heterocycles. The van der Waals surface area contributed by atoms with Crippen LogP contribution in [0, 0.1) is 0 Å². The number of nitrogens with two attached hydrogens (primary N) is 1. The Morgan fingerprint density at radius 3 is 1.90 bits per heavy atom. The molecule has 0 bridgehead atoms. The topological polar surface area (TPSA) is 38.0 Å². The van der Waals surface area contributed by atoms with E-state index in [9.17, 15) is 26.3 Å². The predicted molar refractivity (Wildman–Crippen MR) is 62.4 cm³/mol. The highest BCUT2D eigenvalue weighted by molar-refractivity contribution is 5.85. The number of benzene rings is 1. The van der Waals surface area contributed by atoms with Crippen LogP contribution in [0.2, 0.25) is 0 Å². The molecule has 1 fully saturated rings. The normalized spacial score (nSPS) is 18.1. The van der Waals surface area contributed by atoms with Crippen LogP contribution in [0.4, 0.5) is 26.3 Å². The molecule has 1 aromatic carbocycles. The van der Waals surface area contributed by atoms with Gasteiger partial charge in [0.15, 0.2) is 0 Å². The van der Waals surface area contributed by atoms with E-state index in [4.69, 9.17) is 5.73 Å². The van der Waals surface area contributed by atoms with E-state index < -0.39 is 29.0 Å². The Bertz CT molecular complexity index is 493.